The van der Waals surface area contributed by atoms with Gasteiger partial charge in [-0.2, -0.15) is 19.0 Å². The Bertz CT molecular complexity index is 3020. The summed E-state index contributed by atoms with van der Waals surface area (Å²) in [5, 5.41) is 9.14. The van der Waals surface area contributed by atoms with Crippen LogP contribution in [0.5, 0.6) is 5.88 Å². The summed E-state index contributed by atoms with van der Waals surface area (Å²) in [6.45, 7) is -2.24. The van der Waals surface area contributed by atoms with Gasteiger partial charge in [0.2, 0.25) is 21.8 Å². The van der Waals surface area contributed by atoms with Crippen LogP contribution in [-0.4, -0.2) is 72.2 Å². The average Bonchev–Trinajstić information content (AvgIpc) is 4.14. The van der Waals surface area contributed by atoms with Gasteiger partial charge in [0.15, 0.2) is 5.82 Å². The molecule has 2 N–H and O–H groups in total. The number of rotatable bonds is 15. The molecule has 4 heterocycles. The summed E-state index contributed by atoms with van der Waals surface area (Å²) < 4.78 is 153. The van der Waals surface area contributed by atoms with Crippen LogP contribution in [0.4, 0.5) is 40.9 Å². The molecule has 9 rings (SSSR count). The zero-order valence-corrected chi connectivity index (χ0v) is 34.3. The molecular formula is C39H31ClF8N10O5S. The standard InChI is InChI=1S/C39H31ClF8N10O5S/c1-63-29-13-49-25(12-50-29)23-11-30(60)58(26-5-4-22(40)32-34(26)56(14-27(43)44)54-37(32)55-64(61,62)19-2-3-19)38(52-23)24(8-16-6-17(41)9-18(42)7-16)51-28(59)15-57-35-31(33(53-57)36(45)46)20-10-21(20)39(35,47)48/h4-7,9,11-13,19-21,24,27,36H,2-3,8,10,14-15H2,1H3,(H,51,59)(H,54,55)/t20-,21+,24-/m0/s1. The normalized spacial score (nSPS) is 18.1. The molecule has 0 aliphatic heterocycles. The van der Waals surface area contributed by atoms with E-state index in [4.69, 9.17) is 16.3 Å². The number of sulfonamides is 1. The van der Waals surface area contributed by atoms with Gasteiger partial charge in [-0.3, -0.25) is 28.2 Å². The summed E-state index contributed by atoms with van der Waals surface area (Å²) >= 11 is 6.60. The molecule has 0 radical (unpaired) electrons. The third-order valence-electron chi connectivity index (χ3n) is 11.1. The number of nitrogens with zero attached hydrogens (tertiary/aromatic N) is 8. The third-order valence-corrected chi connectivity index (χ3v) is 13.2. The quantitative estimate of drug-likeness (QED) is 0.107. The predicted molar refractivity (Wildman–Crippen MR) is 210 cm³/mol. The van der Waals surface area contributed by atoms with Gasteiger partial charge in [-0.15, -0.1) is 0 Å². The molecule has 2 fully saturated rings. The number of benzene rings is 2. The minimum Gasteiger partial charge on any atom is -0.480 e. The fourth-order valence-electron chi connectivity index (χ4n) is 8.16. The first-order valence-electron chi connectivity index (χ1n) is 19.4. The van der Waals surface area contributed by atoms with E-state index < -0.39 is 118 Å². The van der Waals surface area contributed by atoms with Gasteiger partial charge >= 0.3 is 0 Å². The maximum Gasteiger partial charge on any atom is 0.293 e. The molecule has 0 unspecified atom stereocenters. The van der Waals surface area contributed by atoms with E-state index in [2.05, 4.69) is 35.2 Å². The van der Waals surface area contributed by atoms with Gasteiger partial charge in [0.05, 0.1) is 58.1 Å². The maximum absolute atomic E-state index is 15.5. The molecule has 0 bridgehead atoms. The molecule has 15 nitrogen and oxygen atoms in total. The van der Waals surface area contributed by atoms with E-state index in [9.17, 15) is 44.3 Å². The summed E-state index contributed by atoms with van der Waals surface area (Å²) in [7, 11) is -2.77. The second-order valence-electron chi connectivity index (χ2n) is 15.5. The molecule has 25 heteroatoms. The van der Waals surface area contributed by atoms with Crippen molar-refractivity contribution in [2.24, 2.45) is 5.92 Å². The van der Waals surface area contributed by atoms with Gasteiger partial charge in [-0.25, -0.2) is 49.7 Å². The first kappa shape index (κ1) is 43.1. The van der Waals surface area contributed by atoms with Crippen LogP contribution in [0, 0.1) is 17.6 Å². The summed E-state index contributed by atoms with van der Waals surface area (Å²) in [6, 6.07) is 3.99. The van der Waals surface area contributed by atoms with Crippen LogP contribution < -0.4 is 20.3 Å². The van der Waals surface area contributed by atoms with E-state index in [0.717, 1.165) is 22.8 Å². The summed E-state index contributed by atoms with van der Waals surface area (Å²) in [4.78, 5) is 41.7. The van der Waals surface area contributed by atoms with Crippen molar-refractivity contribution in [1.29, 1.82) is 0 Å². The smallest absolute Gasteiger partial charge is 0.293 e. The monoisotopic (exact) mass is 938 g/mol. The molecule has 2 saturated carbocycles. The molecule has 4 aromatic heterocycles. The summed E-state index contributed by atoms with van der Waals surface area (Å²) in [6.07, 6.45) is -4.02. The third kappa shape index (κ3) is 7.79. The van der Waals surface area contributed by atoms with Crippen molar-refractivity contribution in [1.82, 2.24) is 44.4 Å². The molecule has 336 valence electrons. The number of alkyl halides is 6. The van der Waals surface area contributed by atoms with Gasteiger partial charge in [0, 0.05) is 30.0 Å². The lowest BCUT2D eigenvalue weighted by molar-refractivity contribution is -0.123. The Morgan fingerprint density at radius 3 is 2.38 bits per heavy atom. The number of carbonyl (C=O) groups excluding carboxylic acids is 1. The summed E-state index contributed by atoms with van der Waals surface area (Å²) in [5.41, 5.74) is -4.16. The Morgan fingerprint density at radius 1 is 1.00 bits per heavy atom. The highest BCUT2D eigenvalue weighted by Gasteiger charge is 2.67. The Hall–Kier alpha value is -6.17. The molecule has 2 aromatic carbocycles. The molecule has 1 amide bonds. The SMILES string of the molecule is COc1cnc(-c2cc(=O)n(-c3ccc(Cl)c4c(NS(=O)(=O)C5CC5)nn(CC(F)F)c34)c([C@H](Cc3cc(F)cc(F)c3)NC(=O)Cn3nc(C(F)F)c4c3C(F)(F)[C@@H]3C[C@H]43)n2)cn1. The van der Waals surface area contributed by atoms with E-state index in [1.54, 1.807) is 0 Å². The van der Waals surface area contributed by atoms with E-state index in [0.29, 0.717) is 28.3 Å². The van der Waals surface area contributed by atoms with E-state index in [1.807, 2.05) is 0 Å². The van der Waals surface area contributed by atoms with Gasteiger partial charge in [0.1, 0.15) is 47.6 Å². The van der Waals surface area contributed by atoms with Crippen LogP contribution >= 0.6 is 11.6 Å². The number of halogens is 9. The number of fused-ring (bicyclic) bond motifs is 4. The minimum atomic E-state index is -4.09. The first-order chi connectivity index (χ1) is 30.3. The predicted octanol–water partition coefficient (Wildman–Crippen LogP) is 6.59. The van der Waals surface area contributed by atoms with Crippen molar-refractivity contribution in [3.63, 3.8) is 0 Å². The van der Waals surface area contributed by atoms with E-state index >= 15 is 8.78 Å². The highest BCUT2D eigenvalue weighted by molar-refractivity contribution is 7.93. The average molecular weight is 939 g/mol. The van der Waals surface area contributed by atoms with Crippen molar-refractivity contribution in [2.75, 3.05) is 11.8 Å². The lowest BCUT2D eigenvalue weighted by Crippen LogP contribution is -2.38. The Morgan fingerprint density at radius 2 is 1.73 bits per heavy atom. The van der Waals surface area contributed by atoms with Crippen LogP contribution in [0.1, 0.15) is 66.0 Å². The number of aromatic nitrogens is 8. The largest absolute Gasteiger partial charge is 0.480 e. The van der Waals surface area contributed by atoms with Gasteiger partial charge in [0.25, 0.3) is 24.3 Å². The van der Waals surface area contributed by atoms with Crippen molar-refractivity contribution >= 4 is 44.3 Å². The minimum absolute atomic E-state index is 0.0515. The van der Waals surface area contributed by atoms with Crippen molar-refractivity contribution in [3.05, 3.63) is 104 Å². The van der Waals surface area contributed by atoms with Crippen LogP contribution in [0.25, 0.3) is 28.0 Å². The highest BCUT2D eigenvalue weighted by Crippen LogP contribution is 2.68. The number of amides is 1. The number of ether oxygens (including phenoxy) is 1. The van der Waals surface area contributed by atoms with Gasteiger partial charge in [-0.05, 0) is 55.0 Å². The second-order valence-corrected chi connectivity index (χ2v) is 17.8. The van der Waals surface area contributed by atoms with Crippen molar-refractivity contribution < 1.29 is 53.1 Å². The second kappa shape index (κ2) is 15.8. The molecule has 3 aliphatic rings. The zero-order chi connectivity index (χ0) is 45.6. The Labute approximate surface area is 360 Å². The number of hydrogen-bond acceptors (Lipinski definition) is 10. The summed E-state index contributed by atoms with van der Waals surface area (Å²) in [5.74, 6) is -9.92. The van der Waals surface area contributed by atoms with Gasteiger partial charge < -0.3 is 10.1 Å². The zero-order valence-electron chi connectivity index (χ0n) is 32.8. The van der Waals surface area contributed by atoms with Crippen molar-refractivity contribution in [3.8, 4) is 23.0 Å². The highest BCUT2D eigenvalue weighted by atomic mass is 35.5. The fourth-order valence-corrected chi connectivity index (χ4v) is 9.74. The van der Waals surface area contributed by atoms with E-state index in [1.165, 1.54) is 31.6 Å². The molecule has 0 spiro atoms. The lowest BCUT2D eigenvalue weighted by Gasteiger charge is -2.24. The Kier molecular flexibility index (Phi) is 10.7. The van der Waals surface area contributed by atoms with Crippen LogP contribution in [0.15, 0.2) is 53.6 Å². The molecule has 6 aromatic rings. The van der Waals surface area contributed by atoms with E-state index in [-0.39, 0.29) is 56.4 Å². The fraction of sp³-hybridized carbons (Fsp3) is 0.359. The number of carbonyl (C=O) groups is 1. The number of anilines is 1. The topological polar surface area (TPSA) is 181 Å². The van der Waals surface area contributed by atoms with Crippen LogP contribution in [0.3, 0.4) is 0 Å². The maximum atomic E-state index is 15.5. The van der Waals surface area contributed by atoms with Gasteiger partial charge in [-0.1, -0.05) is 11.6 Å². The molecule has 0 saturated heterocycles. The number of nitrogens with one attached hydrogen (secondary N) is 2. The Balaban J connectivity index is 1.24. The van der Waals surface area contributed by atoms with Crippen LogP contribution in [-0.2, 0) is 40.3 Å². The lowest BCUT2D eigenvalue weighted by atomic mass is 10.0. The number of methoxy groups -OCH3 is 1. The van der Waals surface area contributed by atoms with Crippen LogP contribution in [0.2, 0.25) is 5.02 Å². The number of hydrogen-bond donors (Lipinski definition) is 2. The molecule has 3 atom stereocenters. The first-order valence-corrected chi connectivity index (χ1v) is 21.3. The molecule has 3 aliphatic carbocycles. The molecular weight excluding hydrogens is 908 g/mol. The van der Waals surface area contributed by atoms with Crippen molar-refractivity contribution in [2.45, 2.75) is 74.8 Å². The molecule has 64 heavy (non-hydrogen) atoms.